The number of hydrogen-bond acceptors (Lipinski definition) is 5. The summed E-state index contributed by atoms with van der Waals surface area (Å²) in [5.74, 6) is 0.395. The molecule has 7 nitrogen and oxygen atoms in total. The van der Waals surface area contributed by atoms with Gasteiger partial charge in [-0.1, -0.05) is 35.9 Å². The average Bonchev–Trinajstić information content (AvgIpc) is 2.80. The summed E-state index contributed by atoms with van der Waals surface area (Å²) in [6.07, 6.45) is 0. The van der Waals surface area contributed by atoms with Crippen LogP contribution < -0.4 is 14.8 Å². The second-order valence-corrected chi connectivity index (χ2v) is 10.1. The Morgan fingerprint density at radius 3 is 2.35 bits per heavy atom. The normalized spacial score (nSPS) is 12.3. The minimum atomic E-state index is -3.86. The molecule has 3 aromatic carbocycles. The Kier molecular flexibility index (Phi) is 7.96. The minimum Gasteiger partial charge on any atom is -0.497 e. The summed E-state index contributed by atoms with van der Waals surface area (Å²) in [6.45, 7) is 3.98. The molecular formula is C26H31N3O4S. The van der Waals surface area contributed by atoms with Gasteiger partial charge in [-0.2, -0.15) is 0 Å². The largest absolute Gasteiger partial charge is 0.497 e. The molecule has 3 aromatic rings. The maximum Gasteiger partial charge on any atom is 0.262 e. The van der Waals surface area contributed by atoms with Crippen molar-refractivity contribution in [1.82, 2.24) is 10.2 Å². The average molecular weight is 482 g/mol. The van der Waals surface area contributed by atoms with E-state index in [9.17, 15) is 13.2 Å². The van der Waals surface area contributed by atoms with Crippen molar-refractivity contribution in [3.63, 3.8) is 0 Å². The number of sulfonamides is 1. The quantitative estimate of drug-likeness (QED) is 0.480. The highest BCUT2D eigenvalue weighted by atomic mass is 32.2. The van der Waals surface area contributed by atoms with Gasteiger partial charge in [0.15, 0.2) is 0 Å². The molecule has 0 heterocycles. The van der Waals surface area contributed by atoms with Gasteiger partial charge in [-0.3, -0.25) is 9.52 Å². The number of carbonyl (C=O) groups is 1. The summed E-state index contributed by atoms with van der Waals surface area (Å²) in [5.41, 5.74) is 3.32. The van der Waals surface area contributed by atoms with Crippen molar-refractivity contribution in [3.05, 3.63) is 89.0 Å². The Bertz CT molecular complexity index is 1260. The van der Waals surface area contributed by atoms with Crippen LogP contribution in [0.25, 0.3) is 0 Å². The van der Waals surface area contributed by atoms with E-state index in [0.29, 0.717) is 17.8 Å². The van der Waals surface area contributed by atoms with Crippen LogP contribution in [0.4, 0.5) is 5.69 Å². The molecule has 0 spiro atoms. The third-order valence-electron chi connectivity index (χ3n) is 5.60. The van der Waals surface area contributed by atoms with Crippen molar-refractivity contribution >= 4 is 21.6 Å². The van der Waals surface area contributed by atoms with E-state index in [2.05, 4.69) is 10.0 Å². The van der Waals surface area contributed by atoms with E-state index in [1.807, 2.05) is 62.3 Å². The third-order valence-corrected chi connectivity index (χ3v) is 7.12. The van der Waals surface area contributed by atoms with E-state index < -0.39 is 10.0 Å². The Morgan fingerprint density at radius 1 is 1.00 bits per heavy atom. The van der Waals surface area contributed by atoms with Crippen molar-refractivity contribution in [2.24, 2.45) is 0 Å². The molecule has 34 heavy (non-hydrogen) atoms. The number of benzene rings is 3. The number of rotatable bonds is 9. The molecule has 0 aliphatic carbocycles. The number of amides is 1. The second kappa shape index (κ2) is 10.7. The van der Waals surface area contributed by atoms with Crippen LogP contribution in [-0.4, -0.2) is 47.0 Å². The van der Waals surface area contributed by atoms with Gasteiger partial charge < -0.3 is 15.0 Å². The molecular weight excluding hydrogens is 450 g/mol. The van der Waals surface area contributed by atoms with Crippen LogP contribution in [0.1, 0.15) is 33.1 Å². The van der Waals surface area contributed by atoms with E-state index in [1.165, 1.54) is 6.07 Å². The number of nitrogens with zero attached hydrogens (tertiary/aromatic N) is 1. The number of carbonyl (C=O) groups excluding carboxylic acids is 1. The monoisotopic (exact) mass is 481 g/mol. The topological polar surface area (TPSA) is 87.7 Å². The summed E-state index contributed by atoms with van der Waals surface area (Å²) in [5, 5.41) is 2.93. The number of anilines is 1. The third kappa shape index (κ3) is 6.15. The first-order chi connectivity index (χ1) is 16.1. The fourth-order valence-corrected chi connectivity index (χ4v) is 4.93. The number of hydrogen-bond donors (Lipinski definition) is 2. The molecule has 1 atom stereocenters. The number of ether oxygens (including phenoxy) is 1. The summed E-state index contributed by atoms with van der Waals surface area (Å²) >= 11 is 0. The molecule has 180 valence electrons. The molecule has 0 aliphatic heterocycles. The van der Waals surface area contributed by atoms with Gasteiger partial charge >= 0.3 is 0 Å². The first-order valence-corrected chi connectivity index (χ1v) is 12.4. The molecule has 0 bridgehead atoms. The van der Waals surface area contributed by atoms with Crippen LogP contribution in [0.5, 0.6) is 5.75 Å². The van der Waals surface area contributed by atoms with Crippen LogP contribution >= 0.6 is 0 Å². The zero-order valence-corrected chi connectivity index (χ0v) is 20.9. The fourth-order valence-electron chi connectivity index (χ4n) is 3.60. The molecule has 0 unspecified atom stereocenters. The molecule has 0 aromatic heterocycles. The summed E-state index contributed by atoms with van der Waals surface area (Å²) in [7, 11) is 1.62. The Balaban J connectivity index is 1.78. The molecule has 1 amide bonds. The maximum atomic E-state index is 13.0. The van der Waals surface area contributed by atoms with E-state index in [1.54, 1.807) is 38.3 Å². The second-order valence-electron chi connectivity index (χ2n) is 8.42. The highest BCUT2D eigenvalue weighted by Gasteiger charge is 2.21. The van der Waals surface area contributed by atoms with Crippen LogP contribution in [0.2, 0.25) is 0 Å². The Labute approximate surface area is 201 Å². The molecule has 0 saturated carbocycles. The summed E-state index contributed by atoms with van der Waals surface area (Å²) in [4.78, 5) is 15.0. The van der Waals surface area contributed by atoms with Crippen molar-refractivity contribution in [2.45, 2.75) is 24.8 Å². The van der Waals surface area contributed by atoms with Gasteiger partial charge in [-0.05, 0) is 75.5 Å². The van der Waals surface area contributed by atoms with Gasteiger partial charge in [-0.15, -0.1) is 0 Å². The van der Waals surface area contributed by atoms with Gasteiger partial charge in [0.05, 0.1) is 18.0 Å². The Hall–Kier alpha value is -3.36. The number of methoxy groups -OCH3 is 1. The van der Waals surface area contributed by atoms with E-state index >= 15 is 0 Å². The van der Waals surface area contributed by atoms with Gasteiger partial charge in [0, 0.05) is 17.8 Å². The minimum absolute atomic E-state index is 0.0673. The van der Waals surface area contributed by atoms with Gasteiger partial charge in [0.2, 0.25) is 0 Å². The maximum absolute atomic E-state index is 13.0. The lowest BCUT2D eigenvalue weighted by Crippen LogP contribution is -2.34. The van der Waals surface area contributed by atoms with Crippen LogP contribution in [0.3, 0.4) is 0 Å². The zero-order valence-electron chi connectivity index (χ0n) is 20.1. The Morgan fingerprint density at radius 2 is 1.71 bits per heavy atom. The predicted octanol–water partition coefficient (Wildman–Crippen LogP) is 4.15. The molecule has 0 saturated heterocycles. The number of aryl methyl sites for hydroxylation is 2. The molecule has 0 aliphatic rings. The molecule has 0 fully saturated rings. The molecule has 8 heteroatoms. The summed E-state index contributed by atoms with van der Waals surface area (Å²) < 4.78 is 33.9. The summed E-state index contributed by atoms with van der Waals surface area (Å²) in [6, 6.07) is 19.4. The number of nitrogens with one attached hydrogen (secondary N) is 2. The highest BCUT2D eigenvalue weighted by Crippen LogP contribution is 2.23. The fraction of sp³-hybridized carbons (Fsp3) is 0.269. The van der Waals surface area contributed by atoms with E-state index in [4.69, 9.17) is 4.74 Å². The van der Waals surface area contributed by atoms with E-state index in [0.717, 1.165) is 16.9 Å². The molecule has 3 rings (SSSR count). The van der Waals surface area contributed by atoms with Gasteiger partial charge in [0.1, 0.15) is 5.75 Å². The lowest BCUT2D eigenvalue weighted by molar-refractivity contribution is 0.0941. The van der Waals surface area contributed by atoms with E-state index in [-0.39, 0.29) is 22.4 Å². The van der Waals surface area contributed by atoms with Crippen molar-refractivity contribution in [3.8, 4) is 5.75 Å². The standard InChI is InChI=1S/C26H31N3O4S/c1-18-9-13-22(14-10-18)28-34(31,32)25-16-21(12-11-19(25)2)26(30)27-17-24(29(3)4)20-7-6-8-23(15-20)33-5/h6-16,24,28H,17H2,1-5H3,(H,27,30)/t24-/m0/s1. The predicted molar refractivity (Wildman–Crippen MR) is 135 cm³/mol. The molecule has 0 radical (unpaired) electrons. The van der Waals surface area contributed by atoms with Gasteiger partial charge in [-0.25, -0.2) is 8.42 Å². The lowest BCUT2D eigenvalue weighted by atomic mass is 10.1. The first kappa shape index (κ1) is 25.3. The van der Waals surface area contributed by atoms with Crippen molar-refractivity contribution in [1.29, 1.82) is 0 Å². The zero-order chi connectivity index (χ0) is 24.9. The van der Waals surface area contributed by atoms with Crippen molar-refractivity contribution in [2.75, 3.05) is 32.5 Å². The van der Waals surface area contributed by atoms with Gasteiger partial charge in [0.25, 0.3) is 15.9 Å². The lowest BCUT2D eigenvalue weighted by Gasteiger charge is -2.25. The molecule has 2 N–H and O–H groups in total. The SMILES string of the molecule is COc1cccc([C@H](CNC(=O)c2ccc(C)c(S(=O)(=O)Nc3ccc(C)cc3)c2)N(C)C)c1. The smallest absolute Gasteiger partial charge is 0.262 e. The van der Waals surface area contributed by atoms with Crippen LogP contribution in [0.15, 0.2) is 71.6 Å². The first-order valence-electron chi connectivity index (χ1n) is 10.9. The van der Waals surface area contributed by atoms with Crippen LogP contribution in [0, 0.1) is 13.8 Å². The number of likely N-dealkylation sites (N-methyl/N-ethyl adjacent to an activating group) is 1. The van der Waals surface area contributed by atoms with Crippen molar-refractivity contribution < 1.29 is 17.9 Å². The van der Waals surface area contributed by atoms with Crippen LogP contribution in [-0.2, 0) is 10.0 Å². The highest BCUT2D eigenvalue weighted by molar-refractivity contribution is 7.92.